The summed E-state index contributed by atoms with van der Waals surface area (Å²) in [7, 11) is 0. The molecule has 9 aromatic carbocycles. The van der Waals surface area contributed by atoms with Gasteiger partial charge >= 0.3 is 0 Å². The van der Waals surface area contributed by atoms with Crippen molar-refractivity contribution in [3.63, 3.8) is 0 Å². The molecule has 0 radical (unpaired) electrons. The molecule has 4 nitrogen and oxygen atoms in total. The lowest BCUT2D eigenvalue weighted by atomic mass is 9.92. The van der Waals surface area contributed by atoms with Crippen LogP contribution in [-0.4, -0.2) is 9.55 Å². The van der Waals surface area contributed by atoms with Crippen molar-refractivity contribution < 1.29 is 4.42 Å². The molecule has 4 heteroatoms. The summed E-state index contributed by atoms with van der Waals surface area (Å²) < 4.78 is 9.05. The van der Waals surface area contributed by atoms with E-state index in [1.165, 1.54) is 16.3 Å². The number of anilines is 3. The maximum Gasteiger partial charge on any atom is 0.227 e. The number of oxazole rings is 1. The summed E-state index contributed by atoms with van der Waals surface area (Å²) in [4.78, 5) is 7.32. The molecule has 11 rings (SSSR count). The molecule has 0 bridgehead atoms. The lowest BCUT2D eigenvalue weighted by Crippen LogP contribution is -2.10. The van der Waals surface area contributed by atoms with Gasteiger partial charge in [0.05, 0.1) is 11.0 Å². The molecule has 0 saturated heterocycles. The molecular formula is C51H33N3O. The molecule has 0 aliphatic heterocycles. The van der Waals surface area contributed by atoms with E-state index in [-0.39, 0.29) is 0 Å². The van der Waals surface area contributed by atoms with Crippen molar-refractivity contribution in [1.29, 1.82) is 0 Å². The van der Waals surface area contributed by atoms with Crippen LogP contribution < -0.4 is 4.90 Å². The molecule has 2 heterocycles. The van der Waals surface area contributed by atoms with E-state index in [1.807, 2.05) is 30.3 Å². The second kappa shape index (κ2) is 12.6. The highest BCUT2D eigenvalue weighted by Crippen LogP contribution is 2.44. The molecule has 0 fully saturated rings. The van der Waals surface area contributed by atoms with Crippen molar-refractivity contribution in [3.8, 4) is 28.3 Å². The predicted molar refractivity (Wildman–Crippen MR) is 229 cm³/mol. The fourth-order valence-corrected chi connectivity index (χ4v) is 8.29. The summed E-state index contributed by atoms with van der Waals surface area (Å²) in [6.07, 6.45) is 0. The number of benzene rings is 9. The Bertz CT molecular complexity index is 3190. The van der Waals surface area contributed by atoms with Crippen LogP contribution in [0.4, 0.5) is 17.1 Å². The largest absolute Gasteiger partial charge is 0.435 e. The Hall–Kier alpha value is -7.43. The minimum atomic E-state index is 0.622. The van der Waals surface area contributed by atoms with Crippen molar-refractivity contribution in [2.75, 3.05) is 4.90 Å². The second-order valence-corrected chi connectivity index (χ2v) is 14.0. The predicted octanol–water partition coefficient (Wildman–Crippen LogP) is 14.0. The van der Waals surface area contributed by atoms with Crippen LogP contribution in [0.5, 0.6) is 0 Å². The van der Waals surface area contributed by atoms with E-state index in [0.29, 0.717) is 5.89 Å². The van der Waals surface area contributed by atoms with E-state index < -0.39 is 0 Å². The van der Waals surface area contributed by atoms with Crippen molar-refractivity contribution in [2.24, 2.45) is 0 Å². The minimum Gasteiger partial charge on any atom is -0.435 e. The average Bonchev–Trinajstić information content (AvgIpc) is 3.84. The molecule has 0 unspecified atom stereocenters. The van der Waals surface area contributed by atoms with Crippen LogP contribution in [0, 0.1) is 0 Å². The SMILES string of the molecule is c1ccc(-c2nc3ccc4c(-c5ccccc5)cc5cc(N(c6ccccc6)c6ccc7c8ccccc8n(-c8ccccc8)c7c6)ccc5c4c3o2)cc1. The molecular weight excluding hydrogens is 671 g/mol. The second-order valence-electron chi connectivity index (χ2n) is 14.0. The van der Waals surface area contributed by atoms with Gasteiger partial charge in [0.15, 0.2) is 5.58 Å². The van der Waals surface area contributed by atoms with Gasteiger partial charge in [-0.25, -0.2) is 4.98 Å². The first-order valence-electron chi connectivity index (χ1n) is 18.6. The summed E-state index contributed by atoms with van der Waals surface area (Å²) in [5.74, 6) is 0.622. The van der Waals surface area contributed by atoms with Gasteiger partial charge in [0.25, 0.3) is 0 Å². The van der Waals surface area contributed by atoms with Crippen LogP contribution >= 0.6 is 0 Å². The van der Waals surface area contributed by atoms with Gasteiger partial charge in [-0.15, -0.1) is 0 Å². The highest BCUT2D eigenvalue weighted by molar-refractivity contribution is 6.22. The fraction of sp³-hybridized carbons (Fsp3) is 0. The summed E-state index contributed by atoms with van der Waals surface area (Å²) >= 11 is 0. The van der Waals surface area contributed by atoms with Crippen molar-refractivity contribution in [2.45, 2.75) is 0 Å². The summed E-state index contributed by atoms with van der Waals surface area (Å²) in [6.45, 7) is 0. The summed E-state index contributed by atoms with van der Waals surface area (Å²) in [6, 6.07) is 71.0. The Morgan fingerprint density at radius 3 is 1.80 bits per heavy atom. The van der Waals surface area contributed by atoms with E-state index in [4.69, 9.17) is 9.40 Å². The van der Waals surface area contributed by atoms with E-state index in [0.717, 1.165) is 77.6 Å². The monoisotopic (exact) mass is 703 g/mol. The Kier molecular flexibility index (Phi) is 7.14. The van der Waals surface area contributed by atoms with Gasteiger partial charge < -0.3 is 13.9 Å². The van der Waals surface area contributed by atoms with Crippen molar-refractivity contribution >= 4 is 71.5 Å². The number of hydrogen-bond donors (Lipinski definition) is 0. The first-order chi connectivity index (χ1) is 27.3. The van der Waals surface area contributed by atoms with Crippen molar-refractivity contribution in [1.82, 2.24) is 9.55 Å². The van der Waals surface area contributed by atoms with Gasteiger partial charge in [-0.3, -0.25) is 0 Å². The molecule has 258 valence electrons. The first-order valence-corrected chi connectivity index (χ1v) is 18.6. The topological polar surface area (TPSA) is 34.2 Å². The zero-order valence-electron chi connectivity index (χ0n) is 29.8. The maximum atomic E-state index is 6.67. The molecule has 0 saturated carbocycles. The van der Waals surface area contributed by atoms with Crippen LogP contribution in [0.15, 0.2) is 205 Å². The van der Waals surface area contributed by atoms with Crippen molar-refractivity contribution in [3.05, 3.63) is 200 Å². The maximum absolute atomic E-state index is 6.67. The van der Waals surface area contributed by atoms with Gasteiger partial charge in [0, 0.05) is 44.5 Å². The summed E-state index contributed by atoms with van der Waals surface area (Å²) in [5, 5.41) is 6.89. The normalized spacial score (nSPS) is 11.6. The van der Waals surface area contributed by atoms with Crippen LogP contribution in [0.2, 0.25) is 0 Å². The zero-order valence-corrected chi connectivity index (χ0v) is 29.8. The van der Waals surface area contributed by atoms with Crippen LogP contribution in [0.1, 0.15) is 0 Å². The number of fused-ring (bicyclic) bond motifs is 8. The van der Waals surface area contributed by atoms with Gasteiger partial charge in [-0.05, 0) is 106 Å². The van der Waals surface area contributed by atoms with E-state index >= 15 is 0 Å². The Balaban J connectivity index is 1.16. The van der Waals surface area contributed by atoms with Crippen LogP contribution in [0.25, 0.3) is 82.7 Å². The fourth-order valence-electron chi connectivity index (χ4n) is 8.29. The van der Waals surface area contributed by atoms with Crippen LogP contribution in [0.3, 0.4) is 0 Å². The molecule has 2 aromatic heterocycles. The van der Waals surface area contributed by atoms with E-state index in [9.17, 15) is 0 Å². The number of para-hydroxylation sites is 3. The molecule has 0 aliphatic carbocycles. The minimum absolute atomic E-state index is 0.622. The lowest BCUT2D eigenvalue weighted by Gasteiger charge is -2.26. The molecule has 0 spiro atoms. The zero-order chi connectivity index (χ0) is 36.3. The molecule has 11 aromatic rings. The number of nitrogens with zero attached hydrogens (tertiary/aromatic N) is 3. The Morgan fingerprint density at radius 1 is 0.436 bits per heavy atom. The van der Waals surface area contributed by atoms with Gasteiger partial charge in [0.1, 0.15) is 5.52 Å². The number of hydrogen-bond acceptors (Lipinski definition) is 3. The average molecular weight is 704 g/mol. The highest BCUT2D eigenvalue weighted by Gasteiger charge is 2.20. The van der Waals surface area contributed by atoms with Gasteiger partial charge in [-0.2, -0.15) is 0 Å². The third-order valence-electron chi connectivity index (χ3n) is 10.8. The number of aromatic nitrogens is 2. The first kappa shape index (κ1) is 31.1. The van der Waals surface area contributed by atoms with E-state index in [1.54, 1.807) is 0 Å². The molecule has 0 aliphatic rings. The number of rotatable bonds is 6. The molecule has 55 heavy (non-hydrogen) atoms. The van der Waals surface area contributed by atoms with E-state index in [2.05, 4.69) is 179 Å². The molecule has 0 N–H and O–H groups in total. The van der Waals surface area contributed by atoms with Crippen LogP contribution in [-0.2, 0) is 0 Å². The highest BCUT2D eigenvalue weighted by atomic mass is 16.3. The standard InChI is InChI=1S/C51H33N3O/c1-5-15-34(16-6-1)45-32-36-31-39(25-27-41(36)49-44(45)29-30-46-50(49)55-51(52-46)35-17-7-2-8-18-35)53(37-19-9-3-10-20-37)40-26-28-43-42-23-13-14-24-47(42)54(48(43)33-40)38-21-11-4-12-22-38/h1-33H. The van der Waals surface area contributed by atoms with Gasteiger partial charge in [0.2, 0.25) is 5.89 Å². The Labute approximate surface area is 317 Å². The molecule has 0 atom stereocenters. The third kappa shape index (κ3) is 5.11. The molecule has 0 amide bonds. The lowest BCUT2D eigenvalue weighted by molar-refractivity contribution is 0.623. The third-order valence-corrected chi connectivity index (χ3v) is 10.8. The quantitative estimate of drug-likeness (QED) is 0.162. The smallest absolute Gasteiger partial charge is 0.227 e. The Morgan fingerprint density at radius 2 is 1.04 bits per heavy atom. The van der Waals surface area contributed by atoms with Gasteiger partial charge in [-0.1, -0.05) is 121 Å². The summed E-state index contributed by atoms with van der Waals surface area (Å²) in [5.41, 5.74) is 11.6.